The zero-order valence-electron chi connectivity index (χ0n) is 9.13. The highest BCUT2D eigenvalue weighted by Gasteiger charge is 2.49. The van der Waals surface area contributed by atoms with Gasteiger partial charge in [-0.05, 0) is 29.7 Å². The summed E-state index contributed by atoms with van der Waals surface area (Å²) in [6.45, 7) is 0. The Labute approximate surface area is 98.9 Å². The second-order valence-corrected chi connectivity index (χ2v) is 5.52. The molecule has 1 fully saturated rings. The topological polar surface area (TPSA) is 26.3 Å². The fourth-order valence-corrected chi connectivity index (χ4v) is 4.10. The molecular weight excluding hydrogens is 220 g/mol. The lowest BCUT2D eigenvalue weighted by Gasteiger charge is -2.24. The zero-order chi connectivity index (χ0) is 11.1. The lowest BCUT2D eigenvalue weighted by molar-refractivity contribution is -0.146. The summed E-state index contributed by atoms with van der Waals surface area (Å²) in [4.78, 5) is 13.2. The number of hydrogen-bond donors (Lipinski definition) is 0. The van der Waals surface area contributed by atoms with Crippen LogP contribution >= 0.6 is 11.3 Å². The van der Waals surface area contributed by atoms with E-state index in [9.17, 15) is 4.79 Å². The van der Waals surface area contributed by atoms with Crippen molar-refractivity contribution in [2.24, 2.45) is 17.8 Å². The third kappa shape index (κ3) is 1.34. The lowest BCUT2D eigenvalue weighted by atomic mass is 9.82. The van der Waals surface area contributed by atoms with Crippen LogP contribution in [-0.2, 0) is 9.53 Å². The molecule has 3 heteroatoms. The predicted octanol–water partition coefficient (Wildman–Crippen LogP) is 2.83. The predicted molar refractivity (Wildman–Crippen MR) is 63.3 cm³/mol. The van der Waals surface area contributed by atoms with Crippen LogP contribution in [0.4, 0.5) is 0 Å². The maximum Gasteiger partial charge on any atom is 0.309 e. The molecule has 16 heavy (non-hydrogen) atoms. The van der Waals surface area contributed by atoms with Gasteiger partial charge in [-0.3, -0.25) is 4.79 Å². The molecule has 0 saturated heterocycles. The first-order valence-electron chi connectivity index (χ1n) is 5.61. The molecule has 0 N–H and O–H groups in total. The van der Waals surface area contributed by atoms with Crippen molar-refractivity contribution in [3.05, 3.63) is 34.5 Å². The third-order valence-electron chi connectivity index (χ3n) is 3.80. The van der Waals surface area contributed by atoms with Gasteiger partial charge in [0.2, 0.25) is 0 Å². The van der Waals surface area contributed by atoms with Crippen LogP contribution in [0.2, 0.25) is 0 Å². The number of carbonyl (C=O) groups is 1. The Kier molecular flexibility index (Phi) is 2.36. The average molecular weight is 234 g/mol. The minimum absolute atomic E-state index is 0.0404. The molecule has 1 saturated carbocycles. The fourth-order valence-electron chi connectivity index (χ4n) is 3.15. The van der Waals surface area contributed by atoms with E-state index in [0.29, 0.717) is 17.8 Å². The number of thiophene rings is 1. The van der Waals surface area contributed by atoms with Gasteiger partial charge in [0, 0.05) is 10.8 Å². The van der Waals surface area contributed by atoms with Crippen LogP contribution < -0.4 is 0 Å². The highest BCUT2D eigenvalue weighted by molar-refractivity contribution is 7.10. The van der Waals surface area contributed by atoms with Crippen molar-refractivity contribution in [1.29, 1.82) is 0 Å². The lowest BCUT2D eigenvalue weighted by Crippen LogP contribution is -2.26. The molecule has 0 amide bonds. The highest BCUT2D eigenvalue weighted by atomic mass is 32.1. The van der Waals surface area contributed by atoms with E-state index >= 15 is 0 Å². The number of esters is 1. The second kappa shape index (κ2) is 3.74. The normalized spacial score (nSPS) is 35.6. The number of rotatable bonds is 2. The molecule has 4 atom stereocenters. The fraction of sp³-hybridized carbons (Fsp3) is 0.462. The largest absolute Gasteiger partial charge is 0.469 e. The summed E-state index contributed by atoms with van der Waals surface area (Å²) in [6, 6.07) is 4.20. The van der Waals surface area contributed by atoms with Gasteiger partial charge in [-0.25, -0.2) is 0 Å². The number of fused-ring (bicyclic) bond motifs is 2. The van der Waals surface area contributed by atoms with E-state index in [1.165, 1.54) is 12.0 Å². The van der Waals surface area contributed by atoms with Gasteiger partial charge in [0.15, 0.2) is 0 Å². The molecule has 0 aromatic carbocycles. The highest BCUT2D eigenvalue weighted by Crippen LogP contribution is 2.54. The molecule has 2 aliphatic rings. The Balaban J connectivity index is 1.96. The van der Waals surface area contributed by atoms with Gasteiger partial charge >= 0.3 is 5.97 Å². The van der Waals surface area contributed by atoms with E-state index in [0.717, 1.165) is 6.42 Å². The van der Waals surface area contributed by atoms with Crippen LogP contribution in [0.25, 0.3) is 0 Å². The third-order valence-corrected chi connectivity index (χ3v) is 4.78. The summed E-state index contributed by atoms with van der Waals surface area (Å²) < 4.78 is 4.95. The molecule has 1 heterocycles. The summed E-state index contributed by atoms with van der Waals surface area (Å²) >= 11 is 1.75. The first-order valence-corrected chi connectivity index (χ1v) is 6.49. The van der Waals surface area contributed by atoms with Crippen molar-refractivity contribution in [3.8, 4) is 0 Å². The van der Waals surface area contributed by atoms with E-state index in [4.69, 9.17) is 4.74 Å². The Morgan fingerprint density at radius 2 is 2.25 bits per heavy atom. The second-order valence-electron chi connectivity index (χ2n) is 4.54. The Morgan fingerprint density at radius 3 is 2.94 bits per heavy atom. The number of allylic oxidation sites excluding steroid dienone is 2. The number of methoxy groups -OCH3 is 1. The summed E-state index contributed by atoms with van der Waals surface area (Å²) in [5.41, 5.74) is 0. The van der Waals surface area contributed by atoms with E-state index in [-0.39, 0.29) is 11.9 Å². The average Bonchev–Trinajstić information content (AvgIpc) is 3.01. The summed E-state index contributed by atoms with van der Waals surface area (Å²) in [7, 11) is 1.49. The number of carbonyl (C=O) groups excluding carboxylic acids is 1. The molecule has 2 nitrogen and oxygen atoms in total. The first-order chi connectivity index (χ1) is 7.81. The zero-order valence-corrected chi connectivity index (χ0v) is 9.94. The van der Waals surface area contributed by atoms with Gasteiger partial charge < -0.3 is 4.74 Å². The van der Waals surface area contributed by atoms with Gasteiger partial charge in [-0.15, -0.1) is 11.3 Å². The van der Waals surface area contributed by atoms with Gasteiger partial charge in [0.05, 0.1) is 13.0 Å². The molecule has 84 valence electrons. The van der Waals surface area contributed by atoms with Crippen LogP contribution in [-0.4, -0.2) is 13.1 Å². The van der Waals surface area contributed by atoms with Crippen molar-refractivity contribution in [2.75, 3.05) is 7.11 Å². The smallest absolute Gasteiger partial charge is 0.309 e. The van der Waals surface area contributed by atoms with E-state index in [1.807, 2.05) is 0 Å². The van der Waals surface area contributed by atoms with Crippen LogP contribution in [0.3, 0.4) is 0 Å². The molecule has 0 unspecified atom stereocenters. The van der Waals surface area contributed by atoms with Gasteiger partial charge in [-0.2, -0.15) is 0 Å². The Hall–Kier alpha value is -1.09. The van der Waals surface area contributed by atoms with E-state index in [1.54, 1.807) is 11.3 Å². The van der Waals surface area contributed by atoms with E-state index < -0.39 is 0 Å². The van der Waals surface area contributed by atoms with Gasteiger partial charge in [-0.1, -0.05) is 18.2 Å². The standard InChI is InChI=1S/C13H14O2S/c1-15-13(14)12-9-5-4-8(7-9)11(12)10-3-2-6-16-10/h2-6,8-9,11-12H,7H2,1H3/t8-,9+,11-,12+/m1/s1. The van der Waals surface area contributed by atoms with Crippen LogP contribution in [0, 0.1) is 17.8 Å². The molecule has 0 radical (unpaired) electrons. The number of hydrogen-bond acceptors (Lipinski definition) is 3. The van der Waals surface area contributed by atoms with Crippen molar-refractivity contribution < 1.29 is 9.53 Å². The number of ether oxygens (including phenoxy) is 1. The Morgan fingerprint density at radius 1 is 1.44 bits per heavy atom. The molecule has 1 aromatic rings. The van der Waals surface area contributed by atoms with Gasteiger partial charge in [0.25, 0.3) is 0 Å². The molecular formula is C13H14O2S. The minimum Gasteiger partial charge on any atom is -0.469 e. The van der Waals surface area contributed by atoms with Crippen molar-refractivity contribution in [3.63, 3.8) is 0 Å². The van der Waals surface area contributed by atoms with Crippen molar-refractivity contribution >= 4 is 17.3 Å². The molecule has 0 aliphatic heterocycles. The Bertz CT molecular complexity index is 421. The molecule has 0 spiro atoms. The molecule has 2 bridgehead atoms. The van der Waals surface area contributed by atoms with Crippen LogP contribution in [0.15, 0.2) is 29.7 Å². The molecule has 3 rings (SSSR count). The van der Waals surface area contributed by atoms with Gasteiger partial charge in [0.1, 0.15) is 0 Å². The molecule has 1 aromatic heterocycles. The minimum atomic E-state index is -0.0461. The SMILES string of the molecule is COC(=O)[C@@H]1[C@@H](c2cccs2)[C@@H]2C=C[C@H]1C2. The van der Waals surface area contributed by atoms with E-state index in [2.05, 4.69) is 29.7 Å². The van der Waals surface area contributed by atoms with Crippen LogP contribution in [0.1, 0.15) is 17.2 Å². The maximum atomic E-state index is 11.9. The summed E-state index contributed by atoms with van der Waals surface area (Å²) in [5, 5.41) is 2.08. The summed E-state index contributed by atoms with van der Waals surface area (Å²) in [5.74, 6) is 1.27. The monoisotopic (exact) mass is 234 g/mol. The maximum absolute atomic E-state index is 11.9. The first kappa shape index (κ1) is 10.1. The quantitative estimate of drug-likeness (QED) is 0.581. The van der Waals surface area contributed by atoms with Crippen molar-refractivity contribution in [1.82, 2.24) is 0 Å². The molecule has 2 aliphatic carbocycles. The van der Waals surface area contributed by atoms with Crippen LogP contribution in [0.5, 0.6) is 0 Å². The summed E-state index contributed by atoms with van der Waals surface area (Å²) in [6.07, 6.45) is 5.58. The van der Waals surface area contributed by atoms with Crippen molar-refractivity contribution in [2.45, 2.75) is 12.3 Å².